The largest absolute Gasteiger partial charge is 0.480 e. The van der Waals surface area contributed by atoms with Gasteiger partial charge in [0.25, 0.3) is 0 Å². The first-order valence-electron chi connectivity index (χ1n) is 5.94. The lowest BCUT2D eigenvalue weighted by Crippen LogP contribution is -2.46. The molecule has 86 valence electrons. The van der Waals surface area contributed by atoms with Crippen molar-refractivity contribution in [2.24, 2.45) is 11.8 Å². The van der Waals surface area contributed by atoms with Crippen molar-refractivity contribution in [3.8, 4) is 0 Å². The lowest BCUT2D eigenvalue weighted by atomic mass is 9.77. The van der Waals surface area contributed by atoms with Gasteiger partial charge in [0.1, 0.15) is 6.04 Å². The molecule has 0 aromatic heterocycles. The van der Waals surface area contributed by atoms with Crippen molar-refractivity contribution in [1.29, 1.82) is 0 Å². The summed E-state index contributed by atoms with van der Waals surface area (Å²) in [7, 11) is 0. The Morgan fingerprint density at radius 1 is 1.07 bits per heavy atom. The number of carboxylic acids is 1. The molecule has 2 aliphatic rings. The predicted octanol–water partition coefficient (Wildman–Crippen LogP) is 0.439. The van der Waals surface area contributed by atoms with Crippen LogP contribution < -0.4 is 10.6 Å². The second-order valence-corrected chi connectivity index (χ2v) is 4.72. The molecule has 0 spiro atoms. The summed E-state index contributed by atoms with van der Waals surface area (Å²) in [6, 6.07) is -0.307. The summed E-state index contributed by atoms with van der Waals surface area (Å²) in [5, 5.41) is 15.4. The normalized spacial score (nSPS) is 33.9. The van der Waals surface area contributed by atoms with Crippen molar-refractivity contribution >= 4 is 5.97 Å². The highest BCUT2D eigenvalue weighted by Gasteiger charge is 2.31. The third-order valence-corrected chi connectivity index (χ3v) is 3.79. The molecule has 0 aromatic rings. The molecule has 0 aliphatic carbocycles. The molecule has 2 atom stereocenters. The van der Waals surface area contributed by atoms with Crippen LogP contribution in [0.25, 0.3) is 0 Å². The van der Waals surface area contributed by atoms with Crippen molar-refractivity contribution in [3.63, 3.8) is 0 Å². The number of hydrogen-bond acceptors (Lipinski definition) is 3. The Bertz CT molecular complexity index is 227. The Morgan fingerprint density at radius 3 is 2.40 bits per heavy atom. The third kappa shape index (κ3) is 2.69. The van der Waals surface area contributed by atoms with Crippen LogP contribution in [-0.2, 0) is 4.79 Å². The van der Waals surface area contributed by atoms with E-state index in [1.54, 1.807) is 0 Å². The molecule has 0 saturated carbocycles. The summed E-state index contributed by atoms with van der Waals surface area (Å²) in [4.78, 5) is 10.9. The van der Waals surface area contributed by atoms with Gasteiger partial charge in [0, 0.05) is 0 Å². The number of hydrogen-bond donors (Lipinski definition) is 3. The van der Waals surface area contributed by atoms with Gasteiger partial charge in [-0.3, -0.25) is 4.79 Å². The Hall–Kier alpha value is -0.610. The molecular formula is C11H20N2O2. The van der Waals surface area contributed by atoms with Gasteiger partial charge in [0.05, 0.1) is 0 Å². The van der Waals surface area contributed by atoms with Gasteiger partial charge in [0.2, 0.25) is 0 Å². The lowest BCUT2D eigenvalue weighted by Gasteiger charge is -2.35. The zero-order chi connectivity index (χ0) is 10.7. The molecule has 0 bridgehead atoms. The van der Waals surface area contributed by atoms with Crippen LogP contribution in [0.4, 0.5) is 0 Å². The van der Waals surface area contributed by atoms with E-state index in [0.717, 1.165) is 38.4 Å². The third-order valence-electron chi connectivity index (χ3n) is 3.79. The molecule has 2 saturated heterocycles. The van der Waals surface area contributed by atoms with Gasteiger partial charge in [-0.1, -0.05) is 0 Å². The van der Waals surface area contributed by atoms with Crippen LogP contribution in [0, 0.1) is 11.8 Å². The van der Waals surface area contributed by atoms with Crippen molar-refractivity contribution in [2.75, 3.05) is 19.6 Å². The smallest absolute Gasteiger partial charge is 0.320 e. The van der Waals surface area contributed by atoms with Crippen molar-refractivity contribution < 1.29 is 9.90 Å². The molecule has 2 fully saturated rings. The average Bonchev–Trinajstić information content (AvgIpc) is 2.30. The van der Waals surface area contributed by atoms with E-state index < -0.39 is 5.97 Å². The predicted molar refractivity (Wildman–Crippen MR) is 57.7 cm³/mol. The van der Waals surface area contributed by atoms with Gasteiger partial charge in [-0.2, -0.15) is 0 Å². The molecule has 4 nitrogen and oxygen atoms in total. The summed E-state index contributed by atoms with van der Waals surface area (Å²) < 4.78 is 0. The van der Waals surface area contributed by atoms with E-state index in [1.165, 1.54) is 12.8 Å². The molecule has 2 heterocycles. The van der Waals surface area contributed by atoms with E-state index in [-0.39, 0.29) is 6.04 Å². The van der Waals surface area contributed by atoms with E-state index in [4.69, 9.17) is 5.11 Å². The SMILES string of the molecule is O=C(O)C1CC(C2CCNCC2)CCN1. The molecule has 15 heavy (non-hydrogen) atoms. The van der Waals surface area contributed by atoms with Gasteiger partial charge in [-0.25, -0.2) is 0 Å². The minimum atomic E-state index is -0.686. The van der Waals surface area contributed by atoms with Crippen molar-refractivity contribution in [2.45, 2.75) is 31.7 Å². The number of carboxylic acid groups (broad SMARTS) is 1. The van der Waals surface area contributed by atoms with Gasteiger partial charge in [0.15, 0.2) is 0 Å². The first-order chi connectivity index (χ1) is 7.27. The maximum Gasteiger partial charge on any atom is 0.320 e. The summed E-state index contributed by atoms with van der Waals surface area (Å²) in [6.07, 6.45) is 4.41. The number of carbonyl (C=O) groups is 1. The number of rotatable bonds is 2. The lowest BCUT2D eigenvalue weighted by molar-refractivity contribution is -0.140. The fourth-order valence-corrected chi connectivity index (χ4v) is 2.88. The minimum absolute atomic E-state index is 0.307. The number of piperidine rings is 2. The highest BCUT2D eigenvalue weighted by Crippen LogP contribution is 2.30. The summed E-state index contributed by atoms with van der Waals surface area (Å²) in [5.74, 6) is 0.679. The Kier molecular flexibility index (Phi) is 3.59. The maximum atomic E-state index is 10.9. The second-order valence-electron chi connectivity index (χ2n) is 4.72. The molecule has 0 radical (unpaired) electrons. The van der Waals surface area contributed by atoms with E-state index in [2.05, 4.69) is 10.6 Å². The summed E-state index contributed by atoms with van der Waals surface area (Å²) in [5.41, 5.74) is 0. The molecule has 2 unspecified atom stereocenters. The zero-order valence-corrected chi connectivity index (χ0v) is 9.04. The molecule has 0 amide bonds. The van der Waals surface area contributed by atoms with Crippen LogP contribution in [0.3, 0.4) is 0 Å². The molecule has 3 N–H and O–H groups in total. The topological polar surface area (TPSA) is 61.4 Å². The Morgan fingerprint density at radius 2 is 1.73 bits per heavy atom. The van der Waals surface area contributed by atoms with Crippen LogP contribution in [0.5, 0.6) is 0 Å². The van der Waals surface area contributed by atoms with Crippen LogP contribution in [-0.4, -0.2) is 36.8 Å². The van der Waals surface area contributed by atoms with Crippen LogP contribution in [0.1, 0.15) is 25.7 Å². The van der Waals surface area contributed by atoms with Crippen molar-refractivity contribution in [3.05, 3.63) is 0 Å². The van der Waals surface area contributed by atoms with E-state index in [9.17, 15) is 4.79 Å². The van der Waals surface area contributed by atoms with Gasteiger partial charge >= 0.3 is 5.97 Å². The molecule has 4 heteroatoms. The van der Waals surface area contributed by atoms with Crippen LogP contribution in [0.2, 0.25) is 0 Å². The number of aliphatic carboxylic acids is 1. The molecule has 0 aromatic carbocycles. The second kappa shape index (κ2) is 4.94. The van der Waals surface area contributed by atoms with Gasteiger partial charge in [-0.15, -0.1) is 0 Å². The first kappa shape index (κ1) is 10.9. The molecule has 2 aliphatic heterocycles. The number of nitrogens with one attached hydrogen (secondary N) is 2. The van der Waals surface area contributed by atoms with Crippen LogP contribution in [0.15, 0.2) is 0 Å². The van der Waals surface area contributed by atoms with E-state index in [0.29, 0.717) is 5.92 Å². The van der Waals surface area contributed by atoms with Crippen LogP contribution >= 0.6 is 0 Å². The van der Waals surface area contributed by atoms with Gasteiger partial charge < -0.3 is 15.7 Å². The maximum absolute atomic E-state index is 10.9. The van der Waals surface area contributed by atoms with E-state index in [1.807, 2.05) is 0 Å². The van der Waals surface area contributed by atoms with Crippen molar-refractivity contribution in [1.82, 2.24) is 10.6 Å². The quantitative estimate of drug-likeness (QED) is 0.621. The Labute approximate surface area is 90.4 Å². The van der Waals surface area contributed by atoms with E-state index >= 15 is 0 Å². The zero-order valence-electron chi connectivity index (χ0n) is 9.04. The summed E-state index contributed by atoms with van der Waals surface area (Å²) in [6.45, 7) is 3.07. The summed E-state index contributed by atoms with van der Waals surface area (Å²) >= 11 is 0. The molecular weight excluding hydrogens is 192 g/mol. The fraction of sp³-hybridized carbons (Fsp3) is 0.909. The molecule has 2 rings (SSSR count). The minimum Gasteiger partial charge on any atom is -0.480 e. The fourth-order valence-electron chi connectivity index (χ4n) is 2.88. The Balaban J connectivity index is 1.88. The highest BCUT2D eigenvalue weighted by molar-refractivity contribution is 5.73. The standard InChI is InChI=1S/C11H20N2O2/c14-11(15)10-7-9(3-6-13-10)8-1-4-12-5-2-8/h8-10,12-13H,1-7H2,(H,14,15). The van der Waals surface area contributed by atoms with Gasteiger partial charge in [-0.05, 0) is 57.2 Å². The monoisotopic (exact) mass is 212 g/mol. The first-order valence-corrected chi connectivity index (χ1v) is 5.94. The highest BCUT2D eigenvalue weighted by atomic mass is 16.4. The average molecular weight is 212 g/mol.